The molecule has 1 heterocycles. The Morgan fingerprint density at radius 1 is 1.50 bits per heavy atom. The van der Waals surface area contributed by atoms with E-state index in [4.69, 9.17) is 10.2 Å². The maximum Gasteiger partial charge on any atom is 0.225 e. The smallest absolute Gasteiger partial charge is 0.225 e. The van der Waals surface area contributed by atoms with Crippen LogP contribution in [0.15, 0.2) is 22.8 Å². The largest absolute Gasteiger partial charge is 0.469 e. The zero-order valence-electron chi connectivity index (χ0n) is 12.3. The third-order valence-corrected chi connectivity index (χ3v) is 4.95. The van der Waals surface area contributed by atoms with Gasteiger partial charge < -0.3 is 10.2 Å². The molecule has 2 unspecified atom stereocenters. The number of unbranched alkanes of at least 4 members (excludes halogenated alkanes) is 1. The van der Waals surface area contributed by atoms with Crippen LogP contribution in [0.25, 0.3) is 0 Å². The minimum absolute atomic E-state index is 0.129. The van der Waals surface area contributed by atoms with Gasteiger partial charge in [0.15, 0.2) is 0 Å². The van der Waals surface area contributed by atoms with Gasteiger partial charge in [0.25, 0.3) is 0 Å². The Morgan fingerprint density at radius 2 is 2.25 bits per heavy atom. The molecule has 1 aromatic heterocycles. The van der Waals surface area contributed by atoms with E-state index in [-0.39, 0.29) is 18.1 Å². The molecule has 1 saturated carbocycles. The van der Waals surface area contributed by atoms with Crippen LogP contribution >= 0.6 is 0 Å². The van der Waals surface area contributed by atoms with Crippen LogP contribution in [0.5, 0.6) is 0 Å². The van der Waals surface area contributed by atoms with E-state index >= 15 is 0 Å². The van der Waals surface area contributed by atoms with Crippen molar-refractivity contribution in [2.24, 2.45) is 11.1 Å². The average molecular weight is 277 g/mol. The number of primary amides is 1. The predicted molar refractivity (Wildman–Crippen MR) is 76.1 cm³/mol. The second-order valence-corrected chi connectivity index (χ2v) is 6.07. The average Bonchev–Trinajstić information content (AvgIpc) is 2.94. The van der Waals surface area contributed by atoms with Crippen molar-refractivity contribution in [3.8, 4) is 0 Å². The lowest BCUT2D eigenvalue weighted by molar-refractivity contribution is -0.143. The van der Waals surface area contributed by atoms with E-state index in [1.165, 1.54) is 0 Å². The lowest BCUT2D eigenvalue weighted by Gasteiger charge is -2.48. The fourth-order valence-corrected chi connectivity index (χ4v) is 3.53. The van der Waals surface area contributed by atoms with Crippen molar-refractivity contribution >= 4 is 11.7 Å². The zero-order chi connectivity index (χ0) is 14.8. The summed E-state index contributed by atoms with van der Waals surface area (Å²) in [7, 11) is 0. The standard InChI is InChI=1S/C16H23NO3/c1-3-4-8-16(14(17)19)11-12(18)7-9-15(16,2)13-6-5-10-20-13/h5-6,10H,3-4,7-9,11H2,1-2H3,(H2,17,19). The Morgan fingerprint density at radius 3 is 2.80 bits per heavy atom. The van der Waals surface area contributed by atoms with Crippen molar-refractivity contribution in [3.63, 3.8) is 0 Å². The molecule has 2 N–H and O–H groups in total. The van der Waals surface area contributed by atoms with E-state index in [1.807, 2.05) is 19.1 Å². The number of hydrogen-bond acceptors (Lipinski definition) is 3. The normalized spacial score (nSPS) is 30.4. The Kier molecular flexibility index (Phi) is 4.02. The number of Topliss-reactive ketones (excluding diaryl/α,β-unsaturated/α-hetero) is 1. The minimum atomic E-state index is -0.823. The number of nitrogens with two attached hydrogens (primary N) is 1. The molecule has 0 radical (unpaired) electrons. The number of rotatable bonds is 5. The fraction of sp³-hybridized carbons (Fsp3) is 0.625. The summed E-state index contributed by atoms with van der Waals surface area (Å²) in [6, 6.07) is 3.71. The first-order chi connectivity index (χ1) is 9.46. The Labute approximate surface area is 119 Å². The molecule has 20 heavy (non-hydrogen) atoms. The molecule has 110 valence electrons. The van der Waals surface area contributed by atoms with Crippen LogP contribution in [0.1, 0.15) is 58.1 Å². The quantitative estimate of drug-likeness (QED) is 0.899. The van der Waals surface area contributed by atoms with Crippen LogP contribution in [-0.4, -0.2) is 11.7 Å². The fourth-order valence-electron chi connectivity index (χ4n) is 3.53. The monoisotopic (exact) mass is 277 g/mol. The highest BCUT2D eigenvalue weighted by Gasteiger charge is 2.57. The van der Waals surface area contributed by atoms with Crippen molar-refractivity contribution in [2.45, 2.75) is 57.8 Å². The minimum Gasteiger partial charge on any atom is -0.469 e. The van der Waals surface area contributed by atoms with E-state index in [0.717, 1.165) is 18.6 Å². The van der Waals surface area contributed by atoms with Crippen LogP contribution in [-0.2, 0) is 15.0 Å². The van der Waals surface area contributed by atoms with Crippen molar-refractivity contribution in [2.75, 3.05) is 0 Å². The predicted octanol–water partition coefficient (Wildman–Crippen LogP) is 2.95. The first kappa shape index (κ1) is 14.8. The van der Waals surface area contributed by atoms with Crippen molar-refractivity contribution in [1.82, 2.24) is 0 Å². The molecule has 0 spiro atoms. The molecule has 1 aromatic rings. The first-order valence-corrected chi connectivity index (χ1v) is 7.32. The molecule has 2 rings (SSSR count). The summed E-state index contributed by atoms with van der Waals surface area (Å²) in [6.45, 7) is 4.09. The Balaban J connectivity index is 2.50. The molecule has 1 aliphatic rings. The summed E-state index contributed by atoms with van der Waals surface area (Å²) in [4.78, 5) is 24.2. The topological polar surface area (TPSA) is 73.3 Å². The van der Waals surface area contributed by atoms with Crippen LogP contribution in [0.3, 0.4) is 0 Å². The van der Waals surface area contributed by atoms with Gasteiger partial charge in [0.05, 0.1) is 11.7 Å². The van der Waals surface area contributed by atoms with E-state index in [0.29, 0.717) is 19.3 Å². The van der Waals surface area contributed by atoms with Gasteiger partial charge in [-0.2, -0.15) is 0 Å². The molecule has 1 aliphatic carbocycles. The van der Waals surface area contributed by atoms with Gasteiger partial charge in [-0.05, 0) is 25.0 Å². The highest BCUT2D eigenvalue weighted by molar-refractivity contribution is 5.92. The maximum absolute atomic E-state index is 12.3. The molecular weight excluding hydrogens is 254 g/mol. The van der Waals surface area contributed by atoms with E-state index in [1.54, 1.807) is 6.26 Å². The molecular formula is C16H23NO3. The summed E-state index contributed by atoms with van der Waals surface area (Å²) < 4.78 is 5.58. The third kappa shape index (κ3) is 2.17. The van der Waals surface area contributed by atoms with E-state index < -0.39 is 10.8 Å². The molecule has 0 aromatic carbocycles. The van der Waals surface area contributed by atoms with Crippen molar-refractivity contribution < 1.29 is 14.0 Å². The molecule has 0 saturated heterocycles. The molecule has 2 atom stereocenters. The van der Waals surface area contributed by atoms with Crippen molar-refractivity contribution in [3.05, 3.63) is 24.2 Å². The van der Waals surface area contributed by atoms with Gasteiger partial charge in [0.1, 0.15) is 11.5 Å². The molecule has 1 amide bonds. The highest BCUT2D eigenvalue weighted by Crippen LogP contribution is 2.53. The number of ketones is 1. The summed E-state index contributed by atoms with van der Waals surface area (Å²) in [5.74, 6) is 0.515. The SMILES string of the molecule is CCCCC1(C(N)=O)CC(=O)CCC1(C)c1ccco1. The number of furan rings is 1. The Bertz CT molecular complexity index is 494. The lowest BCUT2D eigenvalue weighted by atomic mass is 9.53. The Hall–Kier alpha value is -1.58. The summed E-state index contributed by atoms with van der Waals surface area (Å²) in [6.07, 6.45) is 5.44. The molecule has 0 aliphatic heterocycles. The number of carbonyl (C=O) groups is 2. The van der Waals surface area contributed by atoms with E-state index in [2.05, 4.69) is 6.92 Å². The third-order valence-electron chi connectivity index (χ3n) is 4.95. The van der Waals surface area contributed by atoms with Crippen LogP contribution in [0.2, 0.25) is 0 Å². The summed E-state index contributed by atoms with van der Waals surface area (Å²) in [5.41, 5.74) is 4.44. The van der Waals surface area contributed by atoms with Crippen LogP contribution < -0.4 is 5.73 Å². The number of amides is 1. The maximum atomic E-state index is 12.3. The number of carbonyl (C=O) groups excluding carboxylic acids is 2. The summed E-state index contributed by atoms with van der Waals surface area (Å²) in [5, 5.41) is 0. The van der Waals surface area contributed by atoms with Gasteiger partial charge in [-0.25, -0.2) is 0 Å². The van der Waals surface area contributed by atoms with Gasteiger partial charge >= 0.3 is 0 Å². The van der Waals surface area contributed by atoms with Gasteiger partial charge in [0.2, 0.25) is 5.91 Å². The zero-order valence-corrected chi connectivity index (χ0v) is 12.3. The molecule has 1 fully saturated rings. The van der Waals surface area contributed by atoms with Crippen LogP contribution in [0, 0.1) is 5.41 Å². The van der Waals surface area contributed by atoms with Crippen molar-refractivity contribution in [1.29, 1.82) is 0 Å². The van der Waals surface area contributed by atoms with Gasteiger partial charge in [-0.3, -0.25) is 9.59 Å². The van der Waals surface area contributed by atoms with Gasteiger partial charge in [-0.15, -0.1) is 0 Å². The molecule has 4 heteroatoms. The van der Waals surface area contributed by atoms with Gasteiger partial charge in [0, 0.05) is 18.3 Å². The van der Waals surface area contributed by atoms with Crippen LogP contribution in [0.4, 0.5) is 0 Å². The molecule has 0 bridgehead atoms. The second-order valence-electron chi connectivity index (χ2n) is 6.07. The second kappa shape index (κ2) is 5.43. The lowest BCUT2D eigenvalue weighted by Crippen LogP contribution is -2.55. The highest BCUT2D eigenvalue weighted by atomic mass is 16.3. The van der Waals surface area contributed by atoms with Gasteiger partial charge in [-0.1, -0.05) is 26.7 Å². The first-order valence-electron chi connectivity index (χ1n) is 7.32. The number of hydrogen-bond donors (Lipinski definition) is 1. The molecule has 4 nitrogen and oxygen atoms in total. The summed E-state index contributed by atoms with van der Waals surface area (Å²) >= 11 is 0. The van der Waals surface area contributed by atoms with E-state index in [9.17, 15) is 9.59 Å².